The molecule has 0 saturated heterocycles. The molecule has 0 N–H and O–H groups in total. The summed E-state index contributed by atoms with van der Waals surface area (Å²) in [6.45, 7) is 5.18. The van der Waals surface area contributed by atoms with E-state index in [9.17, 15) is 0 Å². The van der Waals surface area contributed by atoms with Crippen molar-refractivity contribution in [3.63, 3.8) is 0 Å². The van der Waals surface area contributed by atoms with Crippen LogP contribution in [-0.4, -0.2) is 11.6 Å². The predicted octanol–water partition coefficient (Wildman–Crippen LogP) is 5.25. The van der Waals surface area contributed by atoms with Crippen molar-refractivity contribution in [1.29, 1.82) is 0 Å². The fraction of sp³-hybridized carbons (Fsp3) is 0.500. The van der Waals surface area contributed by atoms with E-state index in [1.165, 1.54) is 18.4 Å². The summed E-state index contributed by atoms with van der Waals surface area (Å²) < 4.78 is 6.22. The second-order valence-electron chi connectivity index (χ2n) is 6.03. The Morgan fingerprint density at radius 1 is 1.33 bits per heavy atom. The van der Waals surface area contributed by atoms with Crippen molar-refractivity contribution in [1.82, 2.24) is 4.98 Å². The molecule has 2 unspecified atom stereocenters. The molecule has 1 heterocycles. The summed E-state index contributed by atoms with van der Waals surface area (Å²) in [6, 6.07) is 10.4. The third kappa shape index (κ3) is 3.04. The molecule has 1 aliphatic carbocycles. The van der Waals surface area contributed by atoms with Gasteiger partial charge in [-0.1, -0.05) is 43.7 Å². The van der Waals surface area contributed by atoms with Gasteiger partial charge in [-0.05, 0) is 32.1 Å². The van der Waals surface area contributed by atoms with E-state index < -0.39 is 0 Å². The van der Waals surface area contributed by atoms with E-state index in [4.69, 9.17) is 9.72 Å². The largest absolute Gasteiger partial charge is 0.368 e. The fourth-order valence-electron chi connectivity index (χ4n) is 3.39. The molecule has 0 amide bonds. The summed E-state index contributed by atoms with van der Waals surface area (Å²) in [4.78, 5) is 4.92. The predicted molar refractivity (Wildman–Crippen MR) is 88.5 cm³/mol. The third-order valence-corrected chi connectivity index (χ3v) is 5.37. The van der Waals surface area contributed by atoms with Crippen LogP contribution in [0.5, 0.6) is 0 Å². The Hall–Kier alpha value is -1.19. The molecule has 1 aromatic carbocycles. The minimum absolute atomic E-state index is 0.149. The number of aromatic nitrogens is 1. The highest BCUT2D eigenvalue weighted by Gasteiger charge is 2.39. The second kappa shape index (κ2) is 6.29. The highest BCUT2D eigenvalue weighted by Crippen LogP contribution is 2.44. The standard InChI is InChI=1S/C18H23NOS/c1-3-20-18(11-7-8-14(2)12-18)17-19-16(13-21-17)15-9-5-4-6-10-15/h4-6,9-10,13-14H,3,7-8,11-12H2,1-2H3. The maximum Gasteiger partial charge on any atom is 0.125 e. The monoisotopic (exact) mass is 301 g/mol. The molecule has 0 spiro atoms. The summed E-state index contributed by atoms with van der Waals surface area (Å²) in [7, 11) is 0. The summed E-state index contributed by atoms with van der Waals surface area (Å²) in [5.74, 6) is 0.717. The molecule has 21 heavy (non-hydrogen) atoms. The van der Waals surface area contributed by atoms with Gasteiger partial charge in [0.2, 0.25) is 0 Å². The molecular formula is C18H23NOS. The van der Waals surface area contributed by atoms with Crippen LogP contribution >= 0.6 is 11.3 Å². The summed E-state index contributed by atoms with van der Waals surface area (Å²) in [5.41, 5.74) is 2.12. The number of rotatable bonds is 4. The van der Waals surface area contributed by atoms with Crippen molar-refractivity contribution in [3.05, 3.63) is 40.7 Å². The maximum absolute atomic E-state index is 6.22. The van der Waals surface area contributed by atoms with Crippen molar-refractivity contribution in [2.75, 3.05) is 6.61 Å². The first-order valence-corrected chi connectivity index (χ1v) is 8.77. The number of hydrogen-bond donors (Lipinski definition) is 0. The zero-order chi connectivity index (χ0) is 14.7. The Kier molecular flexibility index (Phi) is 4.41. The number of ether oxygens (including phenoxy) is 1. The highest BCUT2D eigenvalue weighted by molar-refractivity contribution is 7.10. The molecule has 3 heteroatoms. The Balaban J connectivity index is 1.92. The Labute approximate surface area is 131 Å². The molecule has 112 valence electrons. The van der Waals surface area contributed by atoms with Crippen LogP contribution in [0.15, 0.2) is 35.7 Å². The van der Waals surface area contributed by atoms with Crippen LogP contribution in [-0.2, 0) is 10.3 Å². The van der Waals surface area contributed by atoms with Crippen LogP contribution in [0.2, 0.25) is 0 Å². The molecule has 2 atom stereocenters. The first kappa shape index (κ1) is 14.7. The van der Waals surface area contributed by atoms with Crippen molar-refractivity contribution < 1.29 is 4.74 Å². The van der Waals surface area contributed by atoms with Gasteiger partial charge in [-0.3, -0.25) is 0 Å². The van der Waals surface area contributed by atoms with Crippen LogP contribution in [0.25, 0.3) is 11.3 Å². The molecule has 1 aromatic heterocycles. The Bertz CT molecular complexity index is 576. The average molecular weight is 301 g/mol. The van der Waals surface area contributed by atoms with Crippen molar-refractivity contribution in [2.24, 2.45) is 5.92 Å². The lowest BCUT2D eigenvalue weighted by molar-refractivity contribution is -0.0820. The minimum atomic E-state index is -0.149. The van der Waals surface area contributed by atoms with Gasteiger partial charge in [0, 0.05) is 17.6 Å². The van der Waals surface area contributed by atoms with E-state index in [2.05, 4.69) is 43.5 Å². The van der Waals surface area contributed by atoms with E-state index in [-0.39, 0.29) is 5.60 Å². The molecular weight excluding hydrogens is 278 g/mol. The molecule has 1 fully saturated rings. The van der Waals surface area contributed by atoms with E-state index in [1.54, 1.807) is 11.3 Å². The SMILES string of the molecule is CCOC1(c2nc(-c3ccccc3)cs2)CCCC(C)C1. The van der Waals surface area contributed by atoms with E-state index >= 15 is 0 Å². The molecule has 2 nitrogen and oxygen atoms in total. The molecule has 0 aliphatic heterocycles. The topological polar surface area (TPSA) is 22.1 Å². The molecule has 2 aromatic rings. The number of thiazole rings is 1. The molecule has 1 aliphatic rings. The van der Waals surface area contributed by atoms with Gasteiger partial charge in [0.25, 0.3) is 0 Å². The molecule has 1 saturated carbocycles. The van der Waals surface area contributed by atoms with Gasteiger partial charge in [0.15, 0.2) is 0 Å². The third-order valence-electron chi connectivity index (χ3n) is 4.34. The number of nitrogens with zero attached hydrogens (tertiary/aromatic N) is 1. The van der Waals surface area contributed by atoms with Crippen LogP contribution in [0.1, 0.15) is 44.5 Å². The van der Waals surface area contributed by atoms with Gasteiger partial charge in [-0.2, -0.15) is 0 Å². The zero-order valence-corrected chi connectivity index (χ0v) is 13.7. The molecule has 0 radical (unpaired) electrons. The second-order valence-corrected chi connectivity index (χ2v) is 6.89. The van der Waals surface area contributed by atoms with Gasteiger partial charge < -0.3 is 4.74 Å². The van der Waals surface area contributed by atoms with E-state index in [0.717, 1.165) is 36.1 Å². The lowest BCUT2D eigenvalue weighted by Gasteiger charge is -2.38. The van der Waals surface area contributed by atoms with Gasteiger partial charge in [-0.15, -0.1) is 11.3 Å². The lowest BCUT2D eigenvalue weighted by Crippen LogP contribution is -2.35. The van der Waals surface area contributed by atoms with Crippen molar-refractivity contribution in [2.45, 2.75) is 45.1 Å². The van der Waals surface area contributed by atoms with E-state index in [1.807, 2.05) is 6.07 Å². The first-order chi connectivity index (χ1) is 10.2. The molecule has 3 rings (SSSR count). The summed E-state index contributed by atoms with van der Waals surface area (Å²) in [5, 5.41) is 3.33. The first-order valence-electron chi connectivity index (χ1n) is 7.89. The van der Waals surface area contributed by atoms with Crippen molar-refractivity contribution >= 4 is 11.3 Å². The zero-order valence-electron chi connectivity index (χ0n) is 12.8. The quantitative estimate of drug-likeness (QED) is 0.769. The fourth-order valence-corrected chi connectivity index (χ4v) is 4.41. The van der Waals surface area contributed by atoms with Crippen molar-refractivity contribution in [3.8, 4) is 11.3 Å². The highest BCUT2D eigenvalue weighted by atomic mass is 32.1. The lowest BCUT2D eigenvalue weighted by atomic mass is 9.79. The summed E-state index contributed by atoms with van der Waals surface area (Å²) >= 11 is 1.76. The normalized spacial score (nSPS) is 25.9. The Morgan fingerprint density at radius 2 is 2.14 bits per heavy atom. The number of benzene rings is 1. The van der Waals surface area contributed by atoms with Gasteiger partial charge >= 0.3 is 0 Å². The van der Waals surface area contributed by atoms with Gasteiger partial charge in [0.05, 0.1) is 5.69 Å². The van der Waals surface area contributed by atoms with Gasteiger partial charge in [-0.25, -0.2) is 4.98 Å². The maximum atomic E-state index is 6.22. The van der Waals surface area contributed by atoms with Crippen LogP contribution in [0, 0.1) is 5.92 Å². The summed E-state index contributed by atoms with van der Waals surface area (Å²) in [6.07, 6.45) is 4.75. The minimum Gasteiger partial charge on any atom is -0.368 e. The van der Waals surface area contributed by atoms with E-state index in [0.29, 0.717) is 0 Å². The Morgan fingerprint density at radius 3 is 2.86 bits per heavy atom. The van der Waals surface area contributed by atoms with Crippen LogP contribution in [0.4, 0.5) is 0 Å². The smallest absolute Gasteiger partial charge is 0.125 e. The molecule has 0 bridgehead atoms. The number of hydrogen-bond acceptors (Lipinski definition) is 3. The van der Waals surface area contributed by atoms with Crippen LogP contribution < -0.4 is 0 Å². The van der Waals surface area contributed by atoms with Gasteiger partial charge in [0.1, 0.15) is 10.6 Å². The van der Waals surface area contributed by atoms with Crippen LogP contribution in [0.3, 0.4) is 0 Å². The average Bonchev–Trinajstić information content (AvgIpc) is 2.99.